The Hall–Kier alpha value is -2.14. The van der Waals surface area contributed by atoms with Crippen molar-refractivity contribution in [1.82, 2.24) is 4.90 Å². The van der Waals surface area contributed by atoms with Gasteiger partial charge in [0.25, 0.3) is 0 Å². The minimum Gasteiger partial charge on any atom is -0.404 e. The number of thiophene rings is 1. The van der Waals surface area contributed by atoms with Crippen LogP contribution in [-0.2, 0) is 13.0 Å². The van der Waals surface area contributed by atoms with E-state index < -0.39 is 0 Å². The lowest BCUT2D eigenvalue weighted by atomic mass is 10.0. The number of nitrogens with zero attached hydrogens (tertiary/aromatic N) is 2. The van der Waals surface area contributed by atoms with Crippen molar-refractivity contribution in [3.05, 3.63) is 88.2 Å². The van der Waals surface area contributed by atoms with Crippen LogP contribution < -0.4 is 5.73 Å². The average molecular weight is 416 g/mol. The maximum atomic E-state index is 5.90. The third kappa shape index (κ3) is 7.85. The van der Waals surface area contributed by atoms with E-state index in [0.29, 0.717) is 0 Å². The van der Waals surface area contributed by atoms with Gasteiger partial charge in [-0.3, -0.25) is 4.99 Å². The molecule has 3 nitrogen and oxygen atoms in total. The average Bonchev–Trinajstić information content (AvgIpc) is 3.09. The summed E-state index contributed by atoms with van der Waals surface area (Å²) < 4.78 is 0.935. The van der Waals surface area contributed by atoms with E-state index in [0.717, 1.165) is 34.2 Å². The maximum absolute atomic E-state index is 5.90. The first-order valence-electron chi connectivity index (χ1n) is 9.06. The van der Waals surface area contributed by atoms with Gasteiger partial charge >= 0.3 is 0 Å². The molecule has 5 heteroatoms. The molecule has 0 saturated heterocycles. The standard InChI is InChI=1S/C11H14N2.C8H10ClNS.C4H6/c1-9(13-2)11(8-12)10-6-4-3-5-7-10;1-10-3-2-6-4-8(9)11-7(6)5-10;1-3-4-2/h3-8H,12H2,1-2H3;4H,2-3,5H2,1H3;3-4H,1-2H2/b11-8+,13-9?;;. The van der Waals surface area contributed by atoms with Crippen molar-refractivity contribution in [2.45, 2.75) is 19.9 Å². The predicted molar refractivity (Wildman–Crippen MR) is 127 cm³/mol. The van der Waals surface area contributed by atoms with Crippen LogP contribution in [0.15, 0.2) is 72.9 Å². The Labute approximate surface area is 178 Å². The molecule has 2 heterocycles. The second-order valence-electron chi connectivity index (χ2n) is 6.21. The van der Waals surface area contributed by atoms with E-state index in [1.807, 2.05) is 37.3 Å². The molecule has 0 atom stereocenters. The molecule has 1 aromatic heterocycles. The molecule has 1 aromatic carbocycles. The van der Waals surface area contributed by atoms with Crippen LogP contribution in [0.5, 0.6) is 0 Å². The fourth-order valence-electron chi connectivity index (χ4n) is 2.57. The summed E-state index contributed by atoms with van der Waals surface area (Å²) in [5, 5.41) is 0. The highest BCUT2D eigenvalue weighted by Gasteiger charge is 2.15. The van der Waals surface area contributed by atoms with Crippen molar-refractivity contribution in [2.75, 3.05) is 20.6 Å². The normalized spacial score (nSPS) is 14.0. The molecule has 2 aromatic rings. The number of rotatable bonds is 3. The zero-order chi connectivity index (χ0) is 20.9. The van der Waals surface area contributed by atoms with Crippen LogP contribution in [0.1, 0.15) is 22.9 Å². The first-order valence-corrected chi connectivity index (χ1v) is 10.3. The number of aliphatic imine (C=N–C) groups is 1. The molecule has 0 fully saturated rings. The van der Waals surface area contributed by atoms with E-state index in [1.54, 1.807) is 36.7 Å². The number of nitrogens with two attached hydrogens (primary N) is 1. The Bertz CT molecular complexity index is 801. The van der Waals surface area contributed by atoms with E-state index in [-0.39, 0.29) is 0 Å². The van der Waals surface area contributed by atoms with Crippen LogP contribution in [0.4, 0.5) is 0 Å². The molecule has 0 saturated carbocycles. The number of fused-ring (bicyclic) bond motifs is 1. The molecule has 150 valence electrons. The zero-order valence-electron chi connectivity index (χ0n) is 17.0. The molecule has 0 unspecified atom stereocenters. The molecule has 3 rings (SSSR count). The summed E-state index contributed by atoms with van der Waals surface area (Å²) in [5.74, 6) is 0. The summed E-state index contributed by atoms with van der Waals surface area (Å²) in [6, 6.07) is 12.1. The summed E-state index contributed by atoms with van der Waals surface area (Å²) >= 11 is 7.62. The summed E-state index contributed by atoms with van der Waals surface area (Å²) in [4.78, 5) is 7.88. The summed E-state index contributed by atoms with van der Waals surface area (Å²) in [6.45, 7) is 10.9. The molecule has 1 aliphatic heterocycles. The summed E-state index contributed by atoms with van der Waals surface area (Å²) in [7, 11) is 3.92. The quantitative estimate of drug-likeness (QED) is 0.506. The van der Waals surface area contributed by atoms with Crippen molar-refractivity contribution in [3.63, 3.8) is 0 Å². The lowest BCUT2D eigenvalue weighted by molar-refractivity contribution is 0.317. The minimum absolute atomic E-state index is 0.935. The number of allylic oxidation sites excluding steroid dienone is 3. The summed E-state index contributed by atoms with van der Waals surface area (Å²) in [6.07, 6.45) is 6.03. The molecule has 0 bridgehead atoms. The van der Waals surface area contributed by atoms with E-state index in [1.165, 1.54) is 17.0 Å². The lowest BCUT2D eigenvalue weighted by Gasteiger charge is -2.21. The number of halogens is 1. The SMILES string of the molecule is C=CC=C.CN1CCc2cc(Cl)sc2C1.CN=C(C)/C(=C\N)c1ccccc1. The number of benzene rings is 1. The van der Waals surface area contributed by atoms with Gasteiger partial charge in [-0.25, -0.2) is 0 Å². The van der Waals surface area contributed by atoms with Gasteiger partial charge in [0, 0.05) is 42.5 Å². The second-order valence-corrected chi connectivity index (χ2v) is 7.98. The van der Waals surface area contributed by atoms with Crippen molar-refractivity contribution >= 4 is 34.2 Å². The van der Waals surface area contributed by atoms with Gasteiger partial charge < -0.3 is 10.6 Å². The van der Waals surface area contributed by atoms with Crippen molar-refractivity contribution in [1.29, 1.82) is 0 Å². The van der Waals surface area contributed by atoms with Crippen LogP contribution in [0, 0.1) is 0 Å². The molecule has 0 aliphatic carbocycles. The Morgan fingerprint density at radius 2 is 1.89 bits per heavy atom. The maximum Gasteiger partial charge on any atom is 0.0934 e. The Balaban J connectivity index is 0.000000238. The van der Waals surface area contributed by atoms with Crippen LogP contribution in [-0.4, -0.2) is 31.3 Å². The van der Waals surface area contributed by atoms with Crippen LogP contribution >= 0.6 is 22.9 Å². The summed E-state index contributed by atoms with van der Waals surface area (Å²) in [5.41, 5.74) is 10.0. The molecular formula is C23H30ClN3S. The molecule has 0 radical (unpaired) electrons. The van der Waals surface area contributed by atoms with Crippen molar-refractivity contribution < 1.29 is 0 Å². The van der Waals surface area contributed by atoms with Gasteiger partial charge in [0.05, 0.1) is 4.34 Å². The van der Waals surface area contributed by atoms with Gasteiger partial charge in [0.2, 0.25) is 0 Å². The fraction of sp³-hybridized carbons (Fsp3) is 0.261. The van der Waals surface area contributed by atoms with E-state index >= 15 is 0 Å². The van der Waals surface area contributed by atoms with E-state index in [9.17, 15) is 0 Å². The minimum atomic E-state index is 0.935. The highest BCUT2D eigenvalue weighted by atomic mass is 35.5. The van der Waals surface area contributed by atoms with Gasteiger partial charge in [0.1, 0.15) is 0 Å². The lowest BCUT2D eigenvalue weighted by Crippen LogP contribution is -2.24. The third-order valence-corrected chi connectivity index (χ3v) is 5.48. The fourth-order valence-corrected chi connectivity index (χ4v) is 4.00. The smallest absolute Gasteiger partial charge is 0.0934 e. The Morgan fingerprint density at radius 3 is 2.43 bits per heavy atom. The van der Waals surface area contributed by atoms with Gasteiger partial charge in [-0.15, -0.1) is 11.3 Å². The highest BCUT2D eigenvalue weighted by molar-refractivity contribution is 7.16. The van der Waals surface area contributed by atoms with Gasteiger partial charge in [0.15, 0.2) is 0 Å². The molecule has 28 heavy (non-hydrogen) atoms. The van der Waals surface area contributed by atoms with Crippen molar-refractivity contribution in [2.24, 2.45) is 10.7 Å². The van der Waals surface area contributed by atoms with Crippen molar-refractivity contribution in [3.8, 4) is 0 Å². The number of hydrogen-bond acceptors (Lipinski definition) is 4. The van der Waals surface area contributed by atoms with Crippen LogP contribution in [0.25, 0.3) is 5.57 Å². The number of hydrogen-bond donors (Lipinski definition) is 1. The molecule has 2 N–H and O–H groups in total. The zero-order valence-corrected chi connectivity index (χ0v) is 18.6. The topological polar surface area (TPSA) is 41.6 Å². The van der Waals surface area contributed by atoms with Gasteiger partial charge in [-0.05, 0) is 37.6 Å². The monoisotopic (exact) mass is 415 g/mol. The first kappa shape index (κ1) is 23.9. The van der Waals surface area contributed by atoms with Gasteiger partial charge in [-0.1, -0.05) is 67.2 Å². The molecule has 0 amide bonds. The third-order valence-electron chi connectivity index (χ3n) is 4.19. The largest absolute Gasteiger partial charge is 0.404 e. The van der Waals surface area contributed by atoms with Gasteiger partial charge in [-0.2, -0.15) is 0 Å². The molecular weight excluding hydrogens is 386 g/mol. The first-order chi connectivity index (χ1) is 13.5. The molecule has 1 aliphatic rings. The Morgan fingerprint density at radius 1 is 1.25 bits per heavy atom. The van der Waals surface area contributed by atoms with E-state index in [4.69, 9.17) is 17.3 Å². The predicted octanol–water partition coefficient (Wildman–Crippen LogP) is 5.82. The van der Waals surface area contributed by atoms with Crippen LogP contribution in [0.2, 0.25) is 4.34 Å². The molecule has 0 spiro atoms. The van der Waals surface area contributed by atoms with Crippen LogP contribution in [0.3, 0.4) is 0 Å². The second kappa shape index (κ2) is 13.1. The van der Waals surface area contributed by atoms with E-state index in [2.05, 4.69) is 36.2 Å². The number of likely N-dealkylation sites (N-methyl/N-ethyl adjacent to an activating group) is 1. The Kier molecular flexibility index (Phi) is 11.2. The highest BCUT2D eigenvalue weighted by Crippen LogP contribution is 2.30.